The number of anilines is 3. The lowest BCUT2D eigenvalue weighted by Crippen LogP contribution is -2.26. The van der Waals surface area contributed by atoms with Crippen LogP contribution in [0.15, 0.2) is 42.5 Å². The summed E-state index contributed by atoms with van der Waals surface area (Å²) in [6.45, 7) is 3.79. The standard InChI is InChI=1S/C17H18ClN3O3S/c1-3-24-16-9-6-13(10-15(16)18)20-17(23)21(25)14-7-4-12(5-8-14)19-11(2)22/h4-10,25H,3H2,1-2H3,(H,19,22)(H,20,23). The molecule has 6 nitrogen and oxygen atoms in total. The van der Waals surface area contributed by atoms with Crippen LogP contribution in [0.25, 0.3) is 0 Å². The van der Waals surface area contributed by atoms with E-state index in [0.717, 1.165) is 4.31 Å². The summed E-state index contributed by atoms with van der Waals surface area (Å²) in [7, 11) is 0. The van der Waals surface area contributed by atoms with Gasteiger partial charge in [-0.1, -0.05) is 24.4 Å². The maximum atomic E-state index is 12.3. The number of ether oxygens (including phenoxy) is 1. The lowest BCUT2D eigenvalue weighted by Gasteiger charge is -2.17. The molecule has 0 aliphatic carbocycles. The zero-order valence-corrected chi connectivity index (χ0v) is 15.4. The molecule has 0 fully saturated rings. The monoisotopic (exact) mass is 379 g/mol. The maximum absolute atomic E-state index is 12.3. The van der Waals surface area contributed by atoms with Crippen molar-refractivity contribution in [1.82, 2.24) is 0 Å². The Labute approximate surface area is 156 Å². The van der Waals surface area contributed by atoms with Crippen molar-refractivity contribution in [3.8, 4) is 5.75 Å². The van der Waals surface area contributed by atoms with Crippen LogP contribution in [-0.2, 0) is 4.79 Å². The van der Waals surface area contributed by atoms with Gasteiger partial charge in [0.05, 0.1) is 17.3 Å². The van der Waals surface area contributed by atoms with Gasteiger partial charge in [0.2, 0.25) is 5.91 Å². The van der Waals surface area contributed by atoms with Gasteiger partial charge in [0.25, 0.3) is 0 Å². The average Bonchev–Trinajstić information content (AvgIpc) is 2.57. The predicted octanol–water partition coefficient (Wildman–Crippen LogP) is 4.58. The molecular weight excluding hydrogens is 362 g/mol. The minimum absolute atomic E-state index is 0.166. The molecule has 2 aromatic rings. The van der Waals surface area contributed by atoms with Gasteiger partial charge in [0.1, 0.15) is 5.75 Å². The van der Waals surface area contributed by atoms with E-state index in [2.05, 4.69) is 23.4 Å². The summed E-state index contributed by atoms with van der Waals surface area (Å²) in [6.07, 6.45) is 0. The van der Waals surface area contributed by atoms with Crippen molar-refractivity contribution in [3.63, 3.8) is 0 Å². The molecule has 0 saturated carbocycles. The van der Waals surface area contributed by atoms with Crippen molar-refractivity contribution in [2.75, 3.05) is 21.5 Å². The van der Waals surface area contributed by atoms with Gasteiger partial charge in [0, 0.05) is 18.3 Å². The Morgan fingerprint density at radius 1 is 1.12 bits per heavy atom. The molecule has 0 saturated heterocycles. The number of amides is 3. The minimum Gasteiger partial charge on any atom is -0.492 e. The first-order chi connectivity index (χ1) is 11.9. The van der Waals surface area contributed by atoms with E-state index in [0.29, 0.717) is 34.4 Å². The van der Waals surface area contributed by atoms with Crippen LogP contribution in [0.2, 0.25) is 5.02 Å². The fraction of sp³-hybridized carbons (Fsp3) is 0.176. The number of urea groups is 1. The fourth-order valence-corrected chi connectivity index (χ4v) is 2.45. The highest BCUT2D eigenvalue weighted by molar-refractivity contribution is 7.82. The Morgan fingerprint density at radius 3 is 2.32 bits per heavy atom. The normalized spacial score (nSPS) is 10.1. The van der Waals surface area contributed by atoms with Crippen molar-refractivity contribution >= 4 is 53.4 Å². The van der Waals surface area contributed by atoms with Crippen LogP contribution in [0.5, 0.6) is 5.75 Å². The molecule has 25 heavy (non-hydrogen) atoms. The summed E-state index contributed by atoms with van der Waals surface area (Å²) in [4.78, 5) is 23.3. The first kappa shape index (κ1) is 19.0. The van der Waals surface area contributed by atoms with Gasteiger partial charge >= 0.3 is 6.03 Å². The fourth-order valence-electron chi connectivity index (χ4n) is 2.03. The molecule has 8 heteroatoms. The van der Waals surface area contributed by atoms with E-state index in [-0.39, 0.29) is 5.91 Å². The number of nitrogens with zero attached hydrogens (tertiary/aromatic N) is 1. The van der Waals surface area contributed by atoms with Crippen LogP contribution in [0.4, 0.5) is 21.9 Å². The molecule has 0 spiro atoms. The predicted molar refractivity (Wildman–Crippen MR) is 104 cm³/mol. The van der Waals surface area contributed by atoms with Crippen molar-refractivity contribution in [1.29, 1.82) is 0 Å². The lowest BCUT2D eigenvalue weighted by molar-refractivity contribution is -0.114. The van der Waals surface area contributed by atoms with Gasteiger partial charge in [0.15, 0.2) is 0 Å². The van der Waals surface area contributed by atoms with Gasteiger partial charge in [-0.2, -0.15) is 0 Å². The Bertz CT molecular complexity index is 768. The van der Waals surface area contributed by atoms with E-state index >= 15 is 0 Å². The summed E-state index contributed by atoms with van der Waals surface area (Å²) in [5.74, 6) is 0.388. The second-order valence-electron chi connectivity index (χ2n) is 5.05. The van der Waals surface area contributed by atoms with Crippen molar-refractivity contribution < 1.29 is 14.3 Å². The van der Waals surface area contributed by atoms with E-state index in [9.17, 15) is 9.59 Å². The quantitative estimate of drug-likeness (QED) is 0.666. The number of hydrogen-bond donors (Lipinski definition) is 3. The topological polar surface area (TPSA) is 70.7 Å². The van der Waals surface area contributed by atoms with Gasteiger partial charge in [-0.3, -0.25) is 4.79 Å². The number of carbonyl (C=O) groups is 2. The number of thiol groups is 1. The first-order valence-electron chi connectivity index (χ1n) is 7.50. The first-order valence-corrected chi connectivity index (χ1v) is 8.28. The smallest absolute Gasteiger partial charge is 0.336 e. The van der Waals surface area contributed by atoms with Gasteiger partial charge < -0.3 is 15.4 Å². The van der Waals surface area contributed by atoms with Crippen LogP contribution >= 0.6 is 24.4 Å². The molecule has 2 aromatic carbocycles. The third-order valence-corrected chi connectivity index (χ3v) is 3.82. The van der Waals surface area contributed by atoms with Crippen molar-refractivity contribution in [2.24, 2.45) is 0 Å². The number of nitrogens with one attached hydrogen (secondary N) is 2. The summed E-state index contributed by atoms with van der Waals surface area (Å²) in [5, 5.41) is 5.76. The number of rotatable bonds is 5. The summed E-state index contributed by atoms with van der Waals surface area (Å²) < 4.78 is 6.51. The summed E-state index contributed by atoms with van der Waals surface area (Å²) in [5.41, 5.74) is 1.70. The van der Waals surface area contributed by atoms with Crippen molar-refractivity contribution in [2.45, 2.75) is 13.8 Å². The molecular formula is C17H18ClN3O3S. The van der Waals surface area contributed by atoms with E-state index in [1.165, 1.54) is 6.92 Å². The Balaban J connectivity index is 2.04. The molecule has 132 valence electrons. The van der Waals surface area contributed by atoms with Gasteiger partial charge in [-0.15, -0.1) is 0 Å². The molecule has 0 aliphatic heterocycles. The van der Waals surface area contributed by atoms with E-state index in [1.807, 2.05) is 6.92 Å². The van der Waals surface area contributed by atoms with Crippen LogP contribution in [-0.4, -0.2) is 18.5 Å². The number of carbonyl (C=O) groups excluding carboxylic acids is 2. The van der Waals surface area contributed by atoms with Crippen molar-refractivity contribution in [3.05, 3.63) is 47.5 Å². The number of halogens is 1. The molecule has 0 bridgehead atoms. The second kappa shape index (κ2) is 8.64. The number of benzene rings is 2. The van der Waals surface area contributed by atoms with Crippen LogP contribution in [0, 0.1) is 0 Å². The van der Waals surface area contributed by atoms with E-state index in [4.69, 9.17) is 16.3 Å². The van der Waals surface area contributed by atoms with Crippen LogP contribution < -0.4 is 19.7 Å². The van der Waals surface area contributed by atoms with E-state index in [1.54, 1.807) is 42.5 Å². The molecule has 0 aromatic heterocycles. The average molecular weight is 380 g/mol. The third-order valence-electron chi connectivity index (χ3n) is 3.11. The molecule has 0 radical (unpaired) electrons. The minimum atomic E-state index is -0.448. The summed E-state index contributed by atoms with van der Waals surface area (Å²) >= 11 is 10.3. The maximum Gasteiger partial charge on any atom is 0.336 e. The highest BCUT2D eigenvalue weighted by atomic mass is 35.5. The molecule has 3 amide bonds. The molecule has 2 N–H and O–H groups in total. The van der Waals surface area contributed by atoms with Crippen LogP contribution in [0.3, 0.4) is 0 Å². The molecule has 0 heterocycles. The molecule has 2 rings (SSSR count). The van der Waals surface area contributed by atoms with Gasteiger partial charge in [-0.25, -0.2) is 9.10 Å². The zero-order chi connectivity index (χ0) is 18.4. The highest BCUT2D eigenvalue weighted by Crippen LogP contribution is 2.28. The largest absolute Gasteiger partial charge is 0.492 e. The number of hydrogen-bond acceptors (Lipinski definition) is 4. The molecule has 0 atom stereocenters. The molecule has 0 unspecified atom stereocenters. The third kappa shape index (κ3) is 5.30. The second-order valence-corrected chi connectivity index (χ2v) is 5.86. The summed E-state index contributed by atoms with van der Waals surface area (Å²) in [6, 6.07) is 11.2. The van der Waals surface area contributed by atoms with Crippen LogP contribution in [0.1, 0.15) is 13.8 Å². The van der Waals surface area contributed by atoms with E-state index < -0.39 is 6.03 Å². The Hall–Kier alpha value is -2.38. The zero-order valence-electron chi connectivity index (χ0n) is 13.7. The lowest BCUT2D eigenvalue weighted by atomic mass is 10.2. The Morgan fingerprint density at radius 2 is 1.76 bits per heavy atom. The SMILES string of the molecule is CCOc1ccc(NC(=O)N(S)c2ccc(NC(C)=O)cc2)cc1Cl. The Kier molecular flexibility index (Phi) is 6.55. The molecule has 0 aliphatic rings. The van der Waals surface area contributed by atoms with Gasteiger partial charge in [-0.05, 0) is 49.4 Å². The highest BCUT2D eigenvalue weighted by Gasteiger charge is 2.13.